The van der Waals surface area contributed by atoms with Crippen LogP contribution in [0.15, 0.2) is 22.7 Å². The lowest BCUT2D eigenvalue weighted by atomic mass is 10.1. The van der Waals surface area contributed by atoms with Crippen LogP contribution in [0.25, 0.3) is 0 Å². The van der Waals surface area contributed by atoms with E-state index in [4.69, 9.17) is 0 Å². The average Bonchev–Trinajstić information content (AvgIpc) is 3.27. The molecule has 1 aromatic rings. The van der Waals surface area contributed by atoms with Crippen LogP contribution < -0.4 is 0 Å². The standard InChI is InChI=1S/C15H19BrN2O2/c16-14-6-5-13(7-15(14)18(19)20)10-17(8-11-1-2-11)9-12-3-4-12/h5-7,11-12H,1-4,8-10H2. The molecule has 0 bridgehead atoms. The fourth-order valence-corrected chi connectivity index (χ4v) is 2.98. The Hall–Kier alpha value is -0.940. The van der Waals surface area contributed by atoms with Gasteiger partial charge >= 0.3 is 0 Å². The fraction of sp³-hybridized carbons (Fsp3) is 0.600. The van der Waals surface area contributed by atoms with E-state index < -0.39 is 0 Å². The molecule has 0 aliphatic heterocycles. The Balaban J connectivity index is 1.69. The van der Waals surface area contributed by atoms with Gasteiger partial charge in [-0.15, -0.1) is 0 Å². The minimum Gasteiger partial charge on any atom is -0.299 e. The molecule has 0 atom stereocenters. The van der Waals surface area contributed by atoms with E-state index in [2.05, 4.69) is 20.8 Å². The third-order valence-corrected chi connectivity index (χ3v) is 4.71. The van der Waals surface area contributed by atoms with Gasteiger partial charge in [-0.25, -0.2) is 0 Å². The number of nitro benzene ring substituents is 1. The van der Waals surface area contributed by atoms with Crippen LogP contribution in [0.3, 0.4) is 0 Å². The van der Waals surface area contributed by atoms with Gasteiger partial charge in [-0.1, -0.05) is 6.07 Å². The quantitative estimate of drug-likeness (QED) is 0.558. The van der Waals surface area contributed by atoms with Crippen LogP contribution in [-0.2, 0) is 6.54 Å². The SMILES string of the molecule is O=[N+]([O-])c1cc(CN(CC2CC2)CC2CC2)ccc1Br. The normalized spacial score (nSPS) is 18.5. The minimum atomic E-state index is -0.320. The zero-order valence-corrected chi connectivity index (χ0v) is 13.0. The highest BCUT2D eigenvalue weighted by atomic mass is 79.9. The van der Waals surface area contributed by atoms with E-state index in [-0.39, 0.29) is 10.6 Å². The molecule has 2 aliphatic carbocycles. The number of hydrogen-bond acceptors (Lipinski definition) is 3. The van der Waals surface area contributed by atoms with E-state index in [1.165, 1.54) is 25.7 Å². The third-order valence-electron chi connectivity index (χ3n) is 4.04. The van der Waals surface area contributed by atoms with Crippen LogP contribution in [-0.4, -0.2) is 22.9 Å². The summed E-state index contributed by atoms with van der Waals surface area (Å²) < 4.78 is 0.558. The summed E-state index contributed by atoms with van der Waals surface area (Å²) in [6, 6.07) is 5.49. The van der Waals surface area contributed by atoms with Gasteiger partial charge in [0, 0.05) is 25.7 Å². The molecule has 0 spiro atoms. The molecule has 0 radical (unpaired) electrons. The van der Waals surface area contributed by atoms with Crippen molar-refractivity contribution < 1.29 is 4.92 Å². The molecule has 0 amide bonds. The Morgan fingerprint density at radius 2 is 1.80 bits per heavy atom. The van der Waals surface area contributed by atoms with Crippen molar-refractivity contribution >= 4 is 21.6 Å². The maximum atomic E-state index is 11.0. The second-order valence-corrected chi connectivity index (χ2v) is 6.98. The van der Waals surface area contributed by atoms with Crippen LogP contribution in [0.5, 0.6) is 0 Å². The second kappa shape index (κ2) is 5.82. The summed E-state index contributed by atoms with van der Waals surface area (Å²) in [4.78, 5) is 13.2. The number of rotatable bonds is 7. The summed E-state index contributed by atoms with van der Waals surface area (Å²) >= 11 is 3.24. The summed E-state index contributed by atoms with van der Waals surface area (Å²) in [5.41, 5.74) is 1.21. The molecule has 1 aromatic carbocycles. The molecule has 0 unspecified atom stereocenters. The van der Waals surface area contributed by atoms with Crippen LogP contribution in [0.1, 0.15) is 31.2 Å². The first-order valence-electron chi connectivity index (χ1n) is 7.27. The van der Waals surface area contributed by atoms with Crippen molar-refractivity contribution in [3.05, 3.63) is 38.3 Å². The summed E-state index contributed by atoms with van der Waals surface area (Å²) in [7, 11) is 0. The Morgan fingerprint density at radius 3 is 2.30 bits per heavy atom. The molecule has 2 saturated carbocycles. The average molecular weight is 339 g/mol. The van der Waals surface area contributed by atoms with Gasteiger partial charge in [-0.3, -0.25) is 15.0 Å². The van der Waals surface area contributed by atoms with E-state index in [1.807, 2.05) is 6.07 Å². The molecule has 0 N–H and O–H groups in total. The summed E-state index contributed by atoms with van der Waals surface area (Å²) in [5, 5.41) is 11.0. The van der Waals surface area contributed by atoms with Gasteiger partial charge in [0.25, 0.3) is 5.69 Å². The molecule has 20 heavy (non-hydrogen) atoms. The minimum absolute atomic E-state index is 0.167. The van der Waals surface area contributed by atoms with Crippen LogP contribution >= 0.6 is 15.9 Å². The van der Waals surface area contributed by atoms with E-state index in [0.29, 0.717) is 4.47 Å². The highest BCUT2D eigenvalue weighted by Gasteiger charge is 2.29. The second-order valence-electron chi connectivity index (χ2n) is 6.12. The van der Waals surface area contributed by atoms with Crippen molar-refractivity contribution in [2.45, 2.75) is 32.2 Å². The highest BCUT2D eigenvalue weighted by molar-refractivity contribution is 9.10. The van der Waals surface area contributed by atoms with E-state index >= 15 is 0 Å². The predicted molar refractivity (Wildman–Crippen MR) is 81.5 cm³/mol. The Labute approximate surface area is 127 Å². The Bertz CT molecular complexity index is 499. The molecule has 0 aromatic heterocycles. The molecular weight excluding hydrogens is 320 g/mol. The first-order valence-corrected chi connectivity index (χ1v) is 8.06. The molecule has 108 valence electrons. The van der Waals surface area contributed by atoms with Crippen molar-refractivity contribution in [1.29, 1.82) is 0 Å². The third kappa shape index (κ3) is 3.79. The lowest BCUT2D eigenvalue weighted by molar-refractivity contribution is -0.385. The molecule has 0 saturated heterocycles. The maximum Gasteiger partial charge on any atom is 0.283 e. The van der Waals surface area contributed by atoms with E-state index in [1.54, 1.807) is 12.1 Å². The topological polar surface area (TPSA) is 46.4 Å². The molecule has 4 nitrogen and oxygen atoms in total. The zero-order valence-electron chi connectivity index (χ0n) is 11.4. The monoisotopic (exact) mass is 338 g/mol. The Morgan fingerprint density at radius 1 is 1.20 bits per heavy atom. The molecule has 2 fully saturated rings. The molecule has 5 heteroatoms. The number of hydrogen-bond donors (Lipinski definition) is 0. The summed E-state index contributed by atoms with van der Waals surface area (Å²) in [6.07, 6.45) is 5.40. The van der Waals surface area contributed by atoms with Gasteiger partial charge in [0.05, 0.1) is 9.40 Å². The van der Waals surface area contributed by atoms with Crippen LogP contribution in [0.4, 0.5) is 5.69 Å². The lowest BCUT2D eigenvalue weighted by Gasteiger charge is -2.22. The smallest absolute Gasteiger partial charge is 0.283 e. The van der Waals surface area contributed by atoms with Crippen molar-refractivity contribution in [3.8, 4) is 0 Å². The molecule has 2 aliphatic rings. The highest BCUT2D eigenvalue weighted by Crippen LogP contribution is 2.34. The molecular formula is C15H19BrN2O2. The van der Waals surface area contributed by atoms with Gasteiger partial charge in [-0.05, 0) is 65.1 Å². The van der Waals surface area contributed by atoms with E-state index in [9.17, 15) is 10.1 Å². The predicted octanol–water partition coefficient (Wildman–Crippen LogP) is 3.98. The number of halogens is 1. The van der Waals surface area contributed by atoms with Crippen molar-refractivity contribution in [3.63, 3.8) is 0 Å². The van der Waals surface area contributed by atoms with Crippen molar-refractivity contribution in [2.24, 2.45) is 11.8 Å². The first kappa shape index (κ1) is 14.0. The molecule has 3 rings (SSSR count). The van der Waals surface area contributed by atoms with Gasteiger partial charge in [0.2, 0.25) is 0 Å². The lowest BCUT2D eigenvalue weighted by Crippen LogP contribution is -2.27. The number of benzene rings is 1. The Kier molecular flexibility index (Phi) is 4.08. The summed E-state index contributed by atoms with van der Waals surface area (Å²) in [6.45, 7) is 3.14. The fourth-order valence-electron chi connectivity index (χ4n) is 2.59. The van der Waals surface area contributed by atoms with Gasteiger partial charge in [-0.2, -0.15) is 0 Å². The molecule has 0 heterocycles. The van der Waals surface area contributed by atoms with Crippen LogP contribution in [0.2, 0.25) is 0 Å². The van der Waals surface area contributed by atoms with Gasteiger partial charge in [0.15, 0.2) is 0 Å². The van der Waals surface area contributed by atoms with Crippen molar-refractivity contribution in [1.82, 2.24) is 4.90 Å². The van der Waals surface area contributed by atoms with Crippen LogP contribution in [0, 0.1) is 22.0 Å². The maximum absolute atomic E-state index is 11.0. The van der Waals surface area contributed by atoms with Gasteiger partial charge < -0.3 is 0 Å². The largest absolute Gasteiger partial charge is 0.299 e. The van der Waals surface area contributed by atoms with E-state index in [0.717, 1.165) is 37.0 Å². The van der Waals surface area contributed by atoms with Gasteiger partial charge in [0.1, 0.15) is 0 Å². The van der Waals surface area contributed by atoms with Crippen molar-refractivity contribution in [2.75, 3.05) is 13.1 Å². The number of nitrogens with zero attached hydrogens (tertiary/aromatic N) is 2. The number of nitro groups is 1. The first-order chi connectivity index (χ1) is 9.61. The summed E-state index contributed by atoms with van der Waals surface area (Å²) in [5.74, 6) is 1.72. The zero-order chi connectivity index (χ0) is 14.1.